The number of anilines is 1. The standard InChI is InChI=1S/C22H24N2O2S/c1-16-10-12-24(13-11-16)22-19-14-17(2)8-9-20(19)23-15-21(22)27(25,26)18-6-4-3-5-7-18/h3-9,14-16H,10-13H2,1-2H3. The first-order valence-electron chi connectivity index (χ1n) is 9.41. The lowest BCUT2D eigenvalue weighted by Crippen LogP contribution is -2.34. The minimum absolute atomic E-state index is 0.307. The van der Waals surface area contributed by atoms with Crippen molar-refractivity contribution in [2.24, 2.45) is 5.92 Å². The monoisotopic (exact) mass is 380 g/mol. The van der Waals surface area contributed by atoms with Crippen LogP contribution in [0.3, 0.4) is 0 Å². The molecule has 1 fully saturated rings. The van der Waals surface area contributed by atoms with Crippen molar-refractivity contribution in [2.45, 2.75) is 36.5 Å². The minimum Gasteiger partial charge on any atom is -0.370 e. The van der Waals surface area contributed by atoms with Gasteiger partial charge in [-0.05, 0) is 49.9 Å². The molecule has 4 rings (SSSR count). The molecule has 0 bridgehead atoms. The van der Waals surface area contributed by atoms with E-state index < -0.39 is 9.84 Å². The number of aryl methyl sites for hydroxylation is 1. The topological polar surface area (TPSA) is 50.3 Å². The van der Waals surface area contributed by atoms with E-state index >= 15 is 0 Å². The molecular formula is C22H24N2O2S. The number of benzene rings is 2. The zero-order valence-electron chi connectivity index (χ0n) is 15.7. The maximum absolute atomic E-state index is 13.4. The molecule has 0 atom stereocenters. The second-order valence-electron chi connectivity index (χ2n) is 7.48. The van der Waals surface area contributed by atoms with E-state index in [1.54, 1.807) is 24.3 Å². The maximum Gasteiger partial charge on any atom is 0.210 e. The number of fused-ring (bicyclic) bond motifs is 1. The Kier molecular flexibility index (Phi) is 4.64. The highest BCUT2D eigenvalue weighted by Crippen LogP contribution is 2.37. The van der Waals surface area contributed by atoms with E-state index in [9.17, 15) is 8.42 Å². The van der Waals surface area contributed by atoms with Crippen LogP contribution in [0.5, 0.6) is 0 Å². The molecule has 0 amide bonds. The number of rotatable bonds is 3. The number of nitrogens with zero attached hydrogens (tertiary/aromatic N) is 2. The smallest absolute Gasteiger partial charge is 0.210 e. The molecule has 1 aromatic heterocycles. The minimum atomic E-state index is -3.64. The van der Waals surface area contributed by atoms with Crippen molar-refractivity contribution in [3.05, 3.63) is 60.3 Å². The molecule has 0 aliphatic carbocycles. The average molecular weight is 381 g/mol. The van der Waals surface area contributed by atoms with Crippen LogP contribution in [0.15, 0.2) is 64.5 Å². The molecule has 0 N–H and O–H groups in total. The fourth-order valence-electron chi connectivity index (χ4n) is 3.76. The Morgan fingerprint density at radius 2 is 1.74 bits per heavy atom. The van der Waals surface area contributed by atoms with Crippen LogP contribution in [0.1, 0.15) is 25.3 Å². The number of hydrogen-bond acceptors (Lipinski definition) is 4. The van der Waals surface area contributed by atoms with E-state index in [0.717, 1.165) is 48.1 Å². The molecule has 1 saturated heterocycles. The predicted octanol–water partition coefficient (Wildman–Crippen LogP) is 4.61. The summed E-state index contributed by atoms with van der Waals surface area (Å²) >= 11 is 0. The summed E-state index contributed by atoms with van der Waals surface area (Å²) in [6.45, 7) is 6.02. The van der Waals surface area contributed by atoms with Gasteiger partial charge in [-0.15, -0.1) is 0 Å². The molecule has 0 radical (unpaired) electrons. The highest BCUT2D eigenvalue weighted by atomic mass is 32.2. The van der Waals surface area contributed by atoms with Crippen LogP contribution in [0, 0.1) is 12.8 Å². The Morgan fingerprint density at radius 3 is 2.44 bits per heavy atom. The Bertz CT molecular complexity index is 1070. The highest BCUT2D eigenvalue weighted by molar-refractivity contribution is 7.91. The lowest BCUT2D eigenvalue weighted by atomic mass is 9.98. The van der Waals surface area contributed by atoms with E-state index in [1.807, 2.05) is 25.1 Å². The maximum atomic E-state index is 13.4. The van der Waals surface area contributed by atoms with Crippen LogP contribution >= 0.6 is 0 Å². The van der Waals surface area contributed by atoms with Crippen LogP contribution in [-0.4, -0.2) is 26.5 Å². The molecule has 140 valence electrons. The van der Waals surface area contributed by atoms with Crippen molar-refractivity contribution >= 4 is 26.4 Å². The van der Waals surface area contributed by atoms with E-state index in [1.165, 1.54) is 6.20 Å². The molecule has 0 unspecified atom stereocenters. The first-order chi connectivity index (χ1) is 13.0. The van der Waals surface area contributed by atoms with Crippen LogP contribution in [0.2, 0.25) is 0 Å². The molecular weight excluding hydrogens is 356 g/mol. The van der Waals surface area contributed by atoms with Gasteiger partial charge in [0.05, 0.1) is 16.1 Å². The Balaban J connectivity index is 1.96. The summed E-state index contributed by atoms with van der Waals surface area (Å²) in [6.07, 6.45) is 3.67. The third kappa shape index (κ3) is 3.32. The molecule has 27 heavy (non-hydrogen) atoms. The van der Waals surface area contributed by atoms with Crippen molar-refractivity contribution in [2.75, 3.05) is 18.0 Å². The number of pyridine rings is 1. The molecule has 0 spiro atoms. The highest BCUT2D eigenvalue weighted by Gasteiger charge is 2.28. The van der Waals surface area contributed by atoms with Gasteiger partial charge in [0.25, 0.3) is 0 Å². The summed E-state index contributed by atoms with van der Waals surface area (Å²) in [4.78, 5) is 7.33. The zero-order valence-corrected chi connectivity index (χ0v) is 16.5. The van der Waals surface area contributed by atoms with Crippen molar-refractivity contribution in [3.63, 3.8) is 0 Å². The summed E-state index contributed by atoms with van der Waals surface area (Å²) in [5.74, 6) is 0.672. The normalized spacial score (nSPS) is 16.0. The van der Waals surface area contributed by atoms with E-state index in [0.29, 0.717) is 15.7 Å². The second kappa shape index (κ2) is 6.97. The quantitative estimate of drug-likeness (QED) is 0.666. The summed E-state index contributed by atoms with van der Waals surface area (Å²) < 4.78 is 26.8. The third-order valence-corrected chi connectivity index (χ3v) is 7.17. The molecule has 1 aliphatic rings. The van der Waals surface area contributed by atoms with Gasteiger partial charge in [-0.2, -0.15) is 0 Å². The van der Waals surface area contributed by atoms with Crippen molar-refractivity contribution in [1.29, 1.82) is 0 Å². The van der Waals surface area contributed by atoms with E-state index in [-0.39, 0.29) is 0 Å². The number of piperidine rings is 1. The molecule has 4 nitrogen and oxygen atoms in total. The fourth-order valence-corrected chi connectivity index (χ4v) is 5.21. The van der Waals surface area contributed by atoms with Crippen molar-refractivity contribution in [3.8, 4) is 0 Å². The van der Waals surface area contributed by atoms with Gasteiger partial charge in [0.1, 0.15) is 4.90 Å². The van der Waals surface area contributed by atoms with E-state index in [2.05, 4.69) is 22.9 Å². The van der Waals surface area contributed by atoms with Crippen LogP contribution in [0.4, 0.5) is 5.69 Å². The largest absolute Gasteiger partial charge is 0.370 e. The second-order valence-corrected chi connectivity index (χ2v) is 9.40. The van der Waals surface area contributed by atoms with Crippen LogP contribution in [0.25, 0.3) is 10.9 Å². The van der Waals surface area contributed by atoms with Crippen molar-refractivity contribution in [1.82, 2.24) is 4.98 Å². The lowest BCUT2D eigenvalue weighted by molar-refractivity contribution is 0.437. The van der Waals surface area contributed by atoms with Gasteiger partial charge in [0.15, 0.2) is 0 Å². The SMILES string of the molecule is Cc1ccc2ncc(S(=O)(=O)c3ccccc3)c(N3CCC(C)CC3)c2c1. The Morgan fingerprint density at radius 1 is 1.04 bits per heavy atom. The molecule has 3 aromatic rings. The molecule has 2 aromatic carbocycles. The first-order valence-corrected chi connectivity index (χ1v) is 10.9. The Hall–Kier alpha value is -2.40. The fraction of sp³-hybridized carbons (Fsp3) is 0.318. The predicted molar refractivity (Wildman–Crippen MR) is 109 cm³/mol. The lowest BCUT2D eigenvalue weighted by Gasteiger charge is -2.34. The van der Waals surface area contributed by atoms with Gasteiger partial charge < -0.3 is 4.90 Å². The van der Waals surface area contributed by atoms with Gasteiger partial charge in [-0.25, -0.2) is 8.42 Å². The van der Waals surface area contributed by atoms with Crippen LogP contribution in [-0.2, 0) is 9.84 Å². The van der Waals surface area contributed by atoms with Gasteiger partial charge in [0.2, 0.25) is 9.84 Å². The van der Waals surface area contributed by atoms with Gasteiger partial charge in [0, 0.05) is 24.7 Å². The van der Waals surface area contributed by atoms with Gasteiger partial charge in [-0.3, -0.25) is 4.98 Å². The first kappa shape index (κ1) is 18.0. The number of sulfone groups is 1. The molecule has 1 aliphatic heterocycles. The molecule has 5 heteroatoms. The van der Waals surface area contributed by atoms with Gasteiger partial charge >= 0.3 is 0 Å². The van der Waals surface area contributed by atoms with Crippen molar-refractivity contribution < 1.29 is 8.42 Å². The Labute approximate surface area is 160 Å². The van der Waals surface area contributed by atoms with Crippen LogP contribution < -0.4 is 4.90 Å². The zero-order chi connectivity index (χ0) is 19.0. The summed E-state index contributed by atoms with van der Waals surface area (Å²) in [7, 11) is -3.64. The third-order valence-electron chi connectivity index (χ3n) is 5.40. The summed E-state index contributed by atoms with van der Waals surface area (Å²) in [6, 6.07) is 14.7. The van der Waals surface area contributed by atoms with Gasteiger partial charge in [-0.1, -0.05) is 36.8 Å². The average Bonchev–Trinajstić information content (AvgIpc) is 2.68. The summed E-state index contributed by atoms with van der Waals surface area (Å²) in [5, 5.41) is 0.918. The molecule has 0 saturated carbocycles. The summed E-state index contributed by atoms with van der Waals surface area (Å²) in [5.41, 5.74) is 2.74. The molecule has 2 heterocycles. The number of hydrogen-bond donors (Lipinski definition) is 0. The number of aromatic nitrogens is 1. The van der Waals surface area contributed by atoms with E-state index in [4.69, 9.17) is 0 Å².